The Kier molecular flexibility index (Phi) is 3.97. The topological polar surface area (TPSA) is 106 Å². The number of carboxylic acids is 1. The molecular weight excluding hydrogens is 348 g/mol. The lowest BCUT2D eigenvalue weighted by molar-refractivity contribution is 0.0687. The number of carbonyl (C=O) groups is 1. The van der Waals surface area contributed by atoms with Crippen LogP contribution < -0.4 is 4.74 Å². The zero-order chi connectivity index (χ0) is 19.0. The molecule has 0 aliphatic heterocycles. The lowest BCUT2D eigenvalue weighted by Crippen LogP contribution is -2.02. The second-order valence-electron chi connectivity index (χ2n) is 5.79. The quantitative estimate of drug-likeness (QED) is 0.566. The van der Waals surface area contributed by atoms with E-state index in [0.717, 1.165) is 5.56 Å². The number of aromatic nitrogens is 2. The Morgan fingerprint density at radius 3 is 2.30 bits per heavy atom. The predicted octanol–water partition coefficient (Wildman–Crippen LogP) is 3.97. The summed E-state index contributed by atoms with van der Waals surface area (Å²) in [7, 11) is 1.57. The number of carboxylic acid groups (broad SMARTS) is 1. The summed E-state index contributed by atoms with van der Waals surface area (Å²) in [4.78, 5) is 15.7. The van der Waals surface area contributed by atoms with Gasteiger partial charge in [0.25, 0.3) is 0 Å². The lowest BCUT2D eigenvalue weighted by Gasteiger charge is -2.07. The van der Waals surface area contributed by atoms with Gasteiger partial charge in [-0.1, -0.05) is 35.5 Å². The highest BCUT2D eigenvalue weighted by Gasteiger charge is 2.26. The van der Waals surface area contributed by atoms with Crippen LogP contribution in [0, 0.1) is 0 Å². The van der Waals surface area contributed by atoms with Crippen LogP contribution in [0.3, 0.4) is 0 Å². The molecule has 0 radical (unpaired) electrons. The first kappa shape index (κ1) is 16.6. The van der Waals surface area contributed by atoms with Crippen molar-refractivity contribution in [2.75, 3.05) is 7.11 Å². The van der Waals surface area contributed by atoms with Gasteiger partial charge in [0.2, 0.25) is 5.58 Å². The van der Waals surface area contributed by atoms with Crippen molar-refractivity contribution in [3.63, 3.8) is 0 Å². The summed E-state index contributed by atoms with van der Waals surface area (Å²) < 4.78 is 10.5. The summed E-state index contributed by atoms with van der Waals surface area (Å²) in [6.45, 7) is 0. The first-order valence-electron chi connectivity index (χ1n) is 8.05. The molecule has 2 heterocycles. The average molecular weight is 362 g/mol. The highest BCUT2D eigenvalue weighted by Crippen LogP contribution is 2.40. The molecule has 0 atom stereocenters. The van der Waals surface area contributed by atoms with Crippen LogP contribution in [0.2, 0.25) is 0 Å². The van der Waals surface area contributed by atoms with Gasteiger partial charge in [0, 0.05) is 11.1 Å². The molecule has 0 spiro atoms. The predicted molar refractivity (Wildman–Crippen MR) is 97.9 cm³/mol. The van der Waals surface area contributed by atoms with E-state index in [1.807, 2.05) is 18.2 Å². The van der Waals surface area contributed by atoms with Crippen LogP contribution in [-0.2, 0) is 0 Å². The fourth-order valence-corrected chi connectivity index (χ4v) is 2.90. The molecule has 4 aromatic rings. The molecule has 2 aromatic carbocycles. The summed E-state index contributed by atoms with van der Waals surface area (Å²) in [5.41, 5.74) is 1.71. The minimum Gasteiger partial charge on any atom is -0.502 e. The van der Waals surface area contributed by atoms with Crippen LogP contribution in [0.5, 0.6) is 11.5 Å². The zero-order valence-corrected chi connectivity index (χ0v) is 14.2. The van der Waals surface area contributed by atoms with Crippen LogP contribution in [0.1, 0.15) is 10.5 Å². The molecule has 0 saturated heterocycles. The van der Waals surface area contributed by atoms with E-state index < -0.39 is 17.4 Å². The van der Waals surface area contributed by atoms with Crippen LogP contribution >= 0.6 is 0 Å². The largest absolute Gasteiger partial charge is 0.502 e. The second kappa shape index (κ2) is 6.45. The fourth-order valence-electron chi connectivity index (χ4n) is 2.90. The molecule has 27 heavy (non-hydrogen) atoms. The number of hydrogen-bond acceptors (Lipinski definition) is 6. The van der Waals surface area contributed by atoms with Gasteiger partial charge in [-0.05, 0) is 24.3 Å². The van der Waals surface area contributed by atoms with Gasteiger partial charge in [-0.15, -0.1) is 0 Å². The molecule has 134 valence electrons. The summed E-state index contributed by atoms with van der Waals surface area (Å²) in [5.74, 6) is -1.22. The number of fused-ring (bicyclic) bond motifs is 1. The van der Waals surface area contributed by atoms with E-state index in [0.29, 0.717) is 28.1 Å². The molecule has 2 N–H and O–H groups in total. The normalized spacial score (nSPS) is 10.9. The Bertz CT molecular complexity index is 1130. The summed E-state index contributed by atoms with van der Waals surface area (Å²) in [5, 5.41) is 24.2. The SMILES string of the molecule is COc1ccc(-c2noc3c(O)c(C(=O)O)nc(-c4ccccc4)c23)cc1. The maximum absolute atomic E-state index is 11.5. The Morgan fingerprint density at radius 1 is 1.00 bits per heavy atom. The smallest absolute Gasteiger partial charge is 0.358 e. The van der Waals surface area contributed by atoms with Crippen LogP contribution in [0.25, 0.3) is 33.5 Å². The van der Waals surface area contributed by atoms with Gasteiger partial charge in [-0.2, -0.15) is 0 Å². The number of aromatic hydroxyl groups is 1. The van der Waals surface area contributed by atoms with Gasteiger partial charge in [0.1, 0.15) is 11.4 Å². The minimum absolute atomic E-state index is 0.0212. The fraction of sp³-hybridized carbons (Fsp3) is 0.0500. The number of ether oxygens (including phenoxy) is 1. The first-order valence-corrected chi connectivity index (χ1v) is 8.05. The van der Waals surface area contributed by atoms with Gasteiger partial charge in [0.15, 0.2) is 11.4 Å². The third-order valence-corrected chi connectivity index (χ3v) is 4.21. The van der Waals surface area contributed by atoms with E-state index in [-0.39, 0.29) is 5.58 Å². The van der Waals surface area contributed by atoms with Crippen molar-refractivity contribution in [3.05, 3.63) is 60.3 Å². The number of hydrogen-bond donors (Lipinski definition) is 2. The molecule has 2 aromatic heterocycles. The molecule has 0 saturated carbocycles. The Hall–Kier alpha value is -3.87. The van der Waals surface area contributed by atoms with Gasteiger partial charge in [-0.3, -0.25) is 0 Å². The summed E-state index contributed by atoms with van der Waals surface area (Å²) in [6, 6.07) is 16.2. The standard InChI is InChI=1S/C20H14N2O5/c1-26-13-9-7-12(8-10-13)16-14-15(11-5-3-2-4-6-11)21-17(20(24)25)18(23)19(14)27-22-16/h2-10,23H,1H3,(H,24,25). The molecule has 0 fully saturated rings. The van der Waals surface area contributed by atoms with Crippen LogP contribution in [0.4, 0.5) is 0 Å². The zero-order valence-electron chi connectivity index (χ0n) is 14.2. The van der Waals surface area contributed by atoms with Crippen LogP contribution in [-0.4, -0.2) is 33.4 Å². The highest BCUT2D eigenvalue weighted by atomic mass is 16.5. The van der Waals surface area contributed by atoms with Crippen molar-refractivity contribution in [2.24, 2.45) is 0 Å². The van der Waals surface area contributed by atoms with Gasteiger partial charge in [0.05, 0.1) is 18.2 Å². The number of rotatable bonds is 4. The lowest BCUT2D eigenvalue weighted by atomic mass is 10.0. The molecule has 0 aliphatic carbocycles. The summed E-state index contributed by atoms with van der Waals surface area (Å²) in [6.07, 6.45) is 0. The van der Waals surface area contributed by atoms with Crippen molar-refractivity contribution >= 4 is 16.9 Å². The molecule has 4 rings (SSSR count). The van der Waals surface area contributed by atoms with E-state index in [9.17, 15) is 15.0 Å². The van der Waals surface area contributed by atoms with Crippen molar-refractivity contribution in [1.29, 1.82) is 0 Å². The number of methoxy groups -OCH3 is 1. The van der Waals surface area contributed by atoms with E-state index >= 15 is 0 Å². The summed E-state index contributed by atoms with van der Waals surface area (Å²) >= 11 is 0. The van der Waals surface area contributed by atoms with E-state index in [4.69, 9.17) is 9.26 Å². The number of aromatic carboxylic acids is 1. The molecule has 0 unspecified atom stereocenters. The maximum atomic E-state index is 11.5. The molecule has 7 nitrogen and oxygen atoms in total. The molecule has 7 heteroatoms. The monoisotopic (exact) mass is 362 g/mol. The first-order chi connectivity index (χ1) is 13.1. The highest BCUT2D eigenvalue weighted by molar-refractivity contribution is 6.07. The third-order valence-electron chi connectivity index (χ3n) is 4.21. The third kappa shape index (κ3) is 2.75. The van der Waals surface area contributed by atoms with Crippen molar-refractivity contribution in [2.45, 2.75) is 0 Å². The molecular formula is C20H14N2O5. The Balaban J connectivity index is 2.05. The maximum Gasteiger partial charge on any atom is 0.358 e. The minimum atomic E-state index is -1.35. The van der Waals surface area contributed by atoms with Crippen molar-refractivity contribution in [3.8, 4) is 34.0 Å². The molecule has 0 bridgehead atoms. The number of nitrogens with zero attached hydrogens (tertiary/aromatic N) is 2. The van der Waals surface area contributed by atoms with Crippen molar-refractivity contribution in [1.82, 2.24) is 10.1 Å². The Morgan fingerprint density at radius 2 is 1.67 bits per heavy atom. The van der Waals surface area contributed by atoms with E-state index in [2.05, 4.69) is 10.1 Å². The van der Waals surface area contributed by atoms with Gasteiger partial charge in [-0.25, -0.2) is 9.78 Å². The molecule has 0 aliphatic rings. The molecule has 0 amide bonds. The van der Waals surface area contributed by atoms with Gasteiger partial charge < -0.3 is 19.5 Å². The Labute approximate surface area is 153 Å². The van der Waals surface area contributed by atoms with Crippen LogP contribution in [0.15, 0.2) is 59.1 Å². The van der Waals surface area contributed by atoms with E-state index in [1.165, 1.54) is 0 Å². The number of benzene rings is 2. The average Bonchev–Trinajstić information content (AvgIpc) is 3.14. The van der Waals surface area contributed by atoms with Gasteiger partial charge >= 0.3 is 5.97 Å². The number of pyridine rings is 1. The second-order valence-corrected chi connectivity index (χ2v) is 5.79. The van der Waals surface area contributed by atoms with E-state index in [1.54, 1.807) is 43.5 Å². The van der Waals surface area contributed by atoms with Crippen molar-refractivity contribution < 1.29 is 24.3 Å².